The number of hydrogen-bond donors (Lipinski definition) is 1. The van der Waals surface area contributed by atoms with Crippen molar-refractivity contribution in [2.75, 3.05) is 19.7 Å². The first-order valence-electron chi connectivity index (χ1n) is 11.5. The molecule has 0 spiro atoms. The van der Waals surface area contributed by atoms with Crippen molar-refractivity contribution >= 4 is 11.9 Å². The Balaban J connectivity index is 1.24. The lowest BCUT2D eigenvalue weighted by molar-refractivity contribution is -0.134. The number of aryl methyl sites for hydroxylation is 1. The van der Waals surface area contributed by atoms with Crippen molar-refractivity contribution in [2.24, 2.45) is 5.92 Å². The number of likely N-dealkylation sites (tertiary alicyclic amines) is 1. The summed E-state index contributed by atoms with van der Waals surface area (Å²) in [6.45, 7) is 1.56. The Hall–Kier alpha value is -3.60. The average molecular weight is 444 g/mol. The molecule has 0 aliphatic carbocycles. The molecule has 0 unspecified atom stereocenters. The van der Waals surface area contributed by atoms with E-state index in [1.807, 2.05) is 71.6 Å². The van der Waals surface area contributed by atoms with Gasteiger partial charge in [-0.1, -0.05) is 60.7 Å². The number of para-hydroxylation sites is 1. The fourth-order valence-corrected chi connectivity index (χ4v) is 4.34. The number of benzene rings is 3. The summed E-state index contributed by atoms with van der Waals surface area (Å²) in [6, 6.07) is 25.0. The Morgan fingerprint density at radius 3 is 2.24 bits per heavy atom. The molecule has 0 radical (unpaired) electrons. The summed E-state index contributed by atoms with van der Waals surface area (Å²) in [5, 5.41) is 9.01. The zero-order chi connectivity index (χ0) is 23.0. The van der Waals surface area contributed by atoms with E-state index in [9.17, 15) is 9.59 Å². The fraction of sp³-hybridized carbons (Fsp3) is 0.286. The summed E-state index contributed by atoms with van der Waals surface area (Å²) in [6.07, 6.45) is 3.95. The molecule has 1 heterocycles. The molecule has 1 N–H and O–H groups in total. The Bertz CT molecular complexity index is 1070. The van der Waals surface area contributed by atoms with Crippen LogP contribution in [0.3, 0.4) is 0 Å². The van der Waals surface area contributed by atoms with Gasteiger partial charge in [-0.15, -0.1) is 0 Å². The van der Waals surface area contributed by atoms with Crippen molar-refractivity contribution in [1.29, 1.82) is 0 Å². The van der Waals surface area contributed by atoms with E-state index in [4.69, 9.17) is 9.84 Å². The molecule has 33 heavy (non-hydrogen) atoms. The van der Waals surface area contributed by atoms with Gasteiger partial charge in [-0.3, -0.25) is 4.79 Å². The fourth-order valence-electron chi connectivity index (χ4n) is 4.34. The number of carbonyl (C=O) groups excluding carboxylic acids is 1. The largest absolute Gasteiger partial charge is 0.483 e. The Morgan fingerprint density at radius 1 is 0.879 bits per heavy atom. The molecule has 1 amide bonds. The van der Waals surface area contributed by atoms with Crippen LogP contribution in [0.5, 0.6) is 5.75 Å². The highest BCUT2D eigenvalue weighted by Crippen LogP contribution is 2.30. The number of ether oxygens (including phenoxy) is 1. The topological polar surface area (TPSA) is 66.8 Å². The zero-order valence-corrected chi connectivity index (χ0v) is 18.7. The van der Waals surface area contributed by atoms with Crippen molar-refractivity contribution in [3.8, 4) is 16.9 Å². The van der Waals surface area contributed by atoms with Gasteiger partial charge in [0.2, 0.25) is 0 Å². The second-order valence-electron chi connectivity index (χ2n) is 8.52. The third kappa shape index (κ3) is 6.01. The summed E-state index contributed by atoms with van der Waals surface area (Å²) >= 11 is 0. The molecule has 0 atom stereocenters. The predicted molar refractivity (Wildman–Crippen MR) is 128 cm³/mol. The van der Waals surface area contributed by atoms with Crippen molar-refractivity contribution in [1.82, 2.24) is 4.90 Å². The van der Waals surface area contributed by atoms with E-state index in [1.165, 1.54) is 0 Å². The lowest BCUT2D eigenvalue weighted by Gasteiger charge is -2.32. The summed E-state index contributed by atoms with van der Waals surface area (Å²) in [5.74, 6) is 0.431. The van der Waals surface area contributed by atoms with Crippen LogP contribution >= 0.6 is 0 Å². The Kier molecular flexibility index (Phi) is 7.40. The number of hydrogen-bond acceptors (Lipinski definition) is 3. The molecule has 4 rings (SSSR count). The van der Waals surface area contributed by atoms with Crippen LogP contribution in [0.25, 0.3) is 11.1 Å². The molecular weight excluding hydrogens is 414 g/mol. The van der Waals surface area contributed by atoms with Crippen LogP contribution in [-0.2, 0) is 11.2 Å². The third-order valence-electron chi connectivity index (χ3n) is 6.33. The quantitative estimate of drug-likeness (QED) is 0.513. The highest BCUT2D eigenvalue weighted by atomic mass is 16.5. The molecule has 0 saturated carbocycles. The standard InChI is InChI=1S/C28H29NO4/c30-27(20-33-26-9-5-4-8-25(26)23-6-2-1-3-7-23)29-18-16-22(17-19-29)11-10-21-12-14-24(15-13-21)28(31)32/h1-9,12-15,22H,10-11,16-20H2,(H,31,32). The van der Waals surface area contributed by atoms with Crippen molar-refractivity contribution in [3.63, 3.8) is 0 Å². The lowest BCUT2D eigenvalue weighted by Crippen LogP contribution is -2.41. The van der Waals surface area contributed by atoms with Gasteiger partial charge in [-0.05, 0) is 60.9 Å². The first-order chi connectivity index (χ1) is 16.1. The number of carboxylic acids is 1. The molecule has 1 fully saturated rings. The number of amides is 1. The summed E-state index contributed by atoms with van der Waals surface area (Å²) in [7, 11) is 0. The van der Waals surface area contributed by atoms with Crippen LogP contribution in [0, 0.1) is 5.92 Å². The van der Waals surface area contributed by atoms with Crippen molar-refractivity contribution in [3.05, 3.63) is 90.0 Å². The van der Waals surface area contributed by atoms with E-state index in [2.05, 4.69) is 0 Å². The van der Waals surface area contributed by atoms with Crippen molar-refractivity contribution < 1.29 is 19.4 Å². The van der Waals surface area contributed by atoms with E-state index in [0.717, 1.165) is 61.2 Å². The smallest absolute Gasteiger partial charge is 0.335 e. The number of aromatic carboxylic acids is 1. The number of carboxylic acid groups (broad SMARTS) is 1. The zero-order valence-electron chi connectivity index (χ0n) is 18.7. The Labute approximate surface area is 194 Å². The second-order valence-corrected chi connectivity index (χ2v) is 8.52. The molecule has 3 aromatic rings. The maximum atomic E-state index is 12.7. The first kappa shape index (κ1) is 22.6. The summed E-state index contributed by atoms with van der Waals surface area (Å²) < 4.78 is 5.93. The van der Waals surface area contributed by atoms with Gasteiger partial charge < -0.3 is 14.7 Å². The van der Waals surface area contributed by atoms with Crippen LogP contribution in [0.15, 0.2) is 78.9 Å². The van der Waals surface area contributed by atoms with E-state index in [-0.39, 0.29) is 12.5 Å². The highest BCUT2D eigenvalue weighted by Gasteiger charge is 2.23. The maximum absolute atomic E-state index is 12.7. The molecule has 5 nitrogen and oxygen atoms in total. The normalized spacial score (nSPS) is 14.1. The van der Waals surface area contributed by atoms with Gasteiger partial charge >= 0.3 is 5.97 Å². The number of piperidine rings is 1. The molecule has 3 aromatic carbocycles. The minimum atomic E-state index is -0.897. The number of nitrogens with zero attached hydrogens (tertiary/aromatic N) is 1. The number of carbonyl (C=O) groups is 2. The lowest BCUT2D eigenvalue weighted by atomic mass is 9.90. The number of rotatable bonds is 8. The first-order valence-corrected chi connectivity index (χ1v) is 11.5. The summed E-state index contributed by atoms with van der Waals surface area (Å²) in [4.78, 5) is 25.6. The SMILES string of the molecule is O=C(O)c1ccc(CCC2CCN(C(=O)COc3ccccc3-c3ccccc3)CC2)cc1. The highest BCUT2D eigenvalue weighted by molar-refractivity contribution is 5.87. The van der Waals surface area contributed by atoms with E-state index >= 15 is 0 Å². The molecule has 1 saturated heterocycles. The maximum Gasteiger partial charge on any atom is 0.335 e. The van der Waals surface area contributed by atoms with E-state index < -0.39 is 5.97 Å². The monoisotopic (exact) mass is 443 g/mol. The second kappa shape index (κ2) is 10.8. The van der Waals surface area contributed by atoms with Crippen LogP contribution in [-0.4, -0.2) is 41.6 Å². The minimum absolute atomic E-state index is 0.0283. The van der Waals surface area contributed by atoms with Crippen LogP contribution in [0.2, 0.25) is 0 Å². The average Bonchev–Trinajstić information content (AvgIpc) is 2.87. The molecule has 1 aliphatic rings. The van der Waals surface area contributed by atoms with Crippen LogP contribution in [0.1, 0.15) is 35.2 Å². The molecule has 0 aromatic heterocycles. The van der Waals surface area contributed by atoms with Crippen LogP contribution < -0.4 is 4.74 Å². The Morgan fingerprint density at radius 2 is 1.55 bits per heavy atom. The molecule has 1 aliphatic heterocycles. The van der Waals surface area contributed by atoms with Gasteiger partial charge in [-0.2, -0.15) is 0 Å². The van der Waals surface area contributed by atoms with Gasteiger partial charge in [0.25, 0.3) is 5.91 Å². The van der Waals surface area contributed by atoms with Gasteiger partial charge in [0, 0.05) is 18.7 Å². The molecular formula is C28H29NO4. The molecule has 170 valence electrons. The van der Waals surface area contributed by atoms with Gasteiger partial charge in [0.15, 0.2) is 6.61 Å². The van der Waals surface area contributed by atoms with Crippen molar-refractivity contribution in [2.45, 2.75) is 25.7 Å². The van der Waals surface area contributed by atoms with E-state index in [0.29, 0.717) is 11.5 Å². The van der Waals surface area contributed by atoms with Gasteiger partial charge in [0.1, 0.15) is 5.75 Å². The third-order valence-corrected chi connectivity index (χ3v) is 6.33. The van der Waals surface area contributed by atoms with Gasteiger partial charge in [0.05, 0.1) is 5.56 Å². The van der Waals surface area contributed by atoms with Gasteiger partial charge in [-0.25, -0.2) is 4.79 Å². The molecule has 0 bridgehead atoms. The minimum Gasteiger partial charge on any atom is -0.483 e. The van der Waals surface area contributed by atoms with Crippen LogP contribution in [0.4, 0.5) is 0 Å². The predicted octanol–water partition coefficient (Wildman–Crippen LogP) is 5.30. The molecule has 5 heteroatoms. The summed E-state index contributed by atoms with van der Waals surface area (Å²) in [5.41, 5.74) is 3.53. The van der Waals surface area contributed by atoms with E-state index in [1.54, 1.807) is 12.1 Å².